The molecule has 6 N–H and O–H groups in total. The van der Waals surface area contributed by atoms with Gasteiger partial charge in [-0.15, -0.1) is 10.2 Å². The van der Waals surface area contributed by atoms with Crippen molar-refractivity contribution in [2.75, 3.05) is 17.7 Å². The standard InChI is InChI=1S/C17H18N8O6/c1-25-7-18-15(24-25)9-4-3-5-10(14(9)31-2)20-11-6-12(19-8-26)22-23-13(11)16(27)21-17(28,29)30/h3-8,28-30H,1-2H3,(H,21,27)(H2,19,20,22,26). The van der Waals surface area contributed by atoms with Crippen LogP contribution in [0, 0.1) is 0 Å². The summed E-state index contributed by atoms with van der Waals surface area (Å²) in [4.78, 5) is 27.2. The molecule has 1 aromatic carbocycles. The van der Waals surface area contributed by atoms with Crippen LogP contribution in [0.4, 0.5) is 17.2 Å². The summed E-state index contributed by atoms with van der Waals surface area (Å²) in [7, 11) is 3.14. The molecule has 14 nitrogen and oxygen atoms in total. The first-order valence-corrected chi connectivity index (χ1v) is 8.59. The fourth-order valence-corrected chi connectivity index (χ4v) is 2.64. The highest BCUT2D eigenvalue weighted by atomic mass is 16.7. The highest BCUT2D eigenvalue weighted by molar-refractivity contribution is 5.99. The summed E-state index contributed by atoms with van der Waals surface area (Å²) < 4.78 is 7.01. The normalized spacial score (nSPS) is 11.0. The van der Waals surface area contributed by atoms with Crippen LogP contribution in [0.2, 0.25) is 0 Å². The van der Waals surface area contributed by atoms with Gasteiger partial charge in [-0.1, -0.05) is 6.07 Å². The van der Waals surface area contributed by atoms with Crippen molar-refractivity contribution in [3.8, 4) is 17.1 Å². The number of carbonyl (C=O) groups excluding carboxylic acids is 2. The summed E-state index contributed by atoms with van der Waals surface area (Å²) in [6, 6.07) is 6.33. The van der Waals surface area contributed by atoms with E-state index in [9.17, 15) is 9.59 Å². The maximum Gasteiger partial charge on any atom is 0.369 e. The fourth-order valence-electron chi connectivity index (χ4n) is 2.64. The molecule has 0 bridgehead atoms. The van der Waals surface area contributed by atoms with Crippen LogP contribution in [0.15, 0.2) is 30.6 Å². The molecule has 162 valence electrons. The summed E-state index contributed by atoms with van der Waals surface area (Å²) in [6.45, 7) is 0. The molecule has 3 aromatic rings. The molecule has 2 aromatic heterocycles. The van der Waals surface area contributed by atoms with E-state index in [0.29, 0.717) is 29.2 Å². The average molecular weight is 430 g/mol. The van der Waals surface area contributed by atoms with E-state index in [0.717, 1.165) is 0 Å². The number of para-hydroxylation sites is 1. The van der Waals surface area contributed by atoms with Crippen LogP contribution in [-0.2, 0) is 11.8 Å². The Balaban J connectivity index is 2.05. The van der Waals surface area contributed by atoms with Crippen LogP contribution < -0.4 is 20.7 Å². The van der Waals surface area contributed by atoms with Crippen LogP contribution in [0.3, 0.4) is 0 Å². The predicted molar refractivity (Wildman–Crippen MR) is 105 cm³/mol. The minimum Gasteiger partial charge on any atom is -0.494 e. The molecule has 0 aliphatic heterocycles. The number of aliphatic hydroxyl groups is 3. The van der Waals surface area contributed by atoms with Gasteiger partial charge in [-0.25, -0.2) is 4.98 Å². The fraction of sp³-hybridized carbons (Fsp3) is 0.176. The Bertz CT molecular complexity index is 1110. The Morgan fingerprint density at radius 2 is 2.00 bits per heavy atom. The number of methoxy groups -OCH3 is 1. The van der Waals surface area contributed by atoms with Crippen LogP contribution in [-0.4, -0.2) is 65.8 Å². The Morgan fingerprint density at radius 1 is 1.23 bits per heavy atom. The van der Waals surface area contributed by atoms with Gasteiger partial charge in [0, 0.05) is 13.1 Å². The van der Waals surface area contributed by atoms with Gasteiger partial charge >= 0.3 is 6.10 Å². The van der Waals surface area contributed by atoms with Gasteiger partial charge in [0.05, 0.1) is 24.0 Å². The molecule has 0 fully saturated rings. The van der Waals surface area contributed by atoms with Gasteiger partial charge in [0.2, 0.25) is 6.41 Å². The van der Waals surface area contributed by atoms with Crippen LogP contribution in [0.25, 0.3) is 11.4 Å². The average Bonchev–Trinajstić information content (AvgIpc) is 3.13. The van der Waals surface area contributed by atoms with Crippen molar-refractivity contribution in [3.63, 3.8) is 0 Å². The summed E-state index contributed by atoms with van der Waals surface area (Å²) in [5, 5.41) is 45.4. The van der Waals surface area contributed by atoms with E-state index in [2.05, 4.69) is 30.9 Å². The van der Waals surface area contributed by atoms with Crippen molar-refractivity contribution in [2.24, 2.45) is 7.05 Å². The topological polar surface area (TPSA) is 197 Å². The molecule has 14 heteroatoms. The molecule has 31 heavy (non-hydrogen) atoms. The zero-order valence-corrected chi connectivity index (χ0v) is 16.3. The Kier molecular flexibility index (Phi) is 6.05. The smallest absolute Gasteiger partial charge is 0.369 e. The summed E-state index contributed by atoms with van der Waals surface area (Å²) in [5.41, 5.74) is 0.509. The number of hydrogen-bond donors (Lipinski definition) is 6. The van der Waals surface area contributed by atoms with E-state index < -0.39 is 17.7 Å². The monoisotopic (exact) mass is 430 g/mol. The molecule has 0 spiro atoms. The van der Waals surface area contributed by atoms with Crippen molar-refractivity contribution >= 4 is 29.5 Å². The van der Waals surface area contributed by atoms with Crippen LogP contribution in [0.5, 0.6) is 5.75 Å². The van der Waals surface area contributed by atoms with Gasteiger partial charge in [0.15, 0.2) is 23.1 Å². The first-order chi connectivity index (χ1) is 14.7. The summed E-state index contributed by atoms with van der Waals surface area (Å²) >= 11 is 0. The van der Waals surface area contributed by atoms with Gasteiger partial charge < -0.3 is 30.7 Å². The second kappa shape index (κ2) is 8.70. The number of nitrogens with one attached hydrogen (secondary N) is 3. The van der Waals surface area contributed by atoms with E-state index in [1.165, 1.54) is 29.5 Å². The third-order valence-corrected chi connectivity index (χ3v) is 3.83. The third kappa shape index (κ3) is 5.08. The molecular formula is C17H18N8O6. The Morgan fingerprint density at radius 3 is 2.61 bits per heavy atom. The van der Waals surface area contributed by atoms with Crippen molar-refractivity contribution in [2.45, 2.75) is 6.10 Å². The van der Waals surface area contributed by atoms with Gasteiger partial charge in [-0.2, -0.15) is 5.10 Å². The van der Waals surface area contributed by atoms with Crippen LogP contribution >= 0.6 is 0 Å². The minimum absolute atomic E-state index is 0.00109. The highest BCUT2D eigenvalue weighted by Gasteiger charge is 2.26. The number of hydrogen-bond acceptors (Lipinski definition) is 11. The Labute approximate surface area is 174 Å². The lowest BCUT2D eigenvalue weighted by Gasteiger charge is -2.18. The number of ether oxygens (including phenoxy) is 1. The van der Waals surface area contributed by atoms with Gasteiger partial charge in [-0.05, 0) is 12.1 Å². The quantitative estimate of drug-likeness (QED) is 0.188. The number of nitrogens with zero attached hydrogens (tertiary/aromatic N) is 5. The molecule has 3 rings (SSSR count). The van der Waals surface area contributed by atoms with E-state index >= 15 is 0 Å². The number of amides is 2. The number of aromatic nitrogens is 5. The number of anilines is 3. The zero-order valence-electron chi connectivity index (χ0n) is 16.3. The number of benzene rings is 1. The molecule has 0 saturated heterocycles. The SMILES string of the molecule is COc1c(Nc2cc(NC=O)nnc2C(=O)NC(O)(O)O)cccc1-c1ncn(C)n1. The van der Waals surface area contributed by atoms with Gasteiger partial charge in [0.1, 0.15) is 6.33 Å². The minimum atomic E-state index is -3.47. The van der Waals surface area contributed by atoms with E-state index in [-0.39, 0.29) is 11.5 Å². The first kappa shape index (κ1) is 21.6. The second-order valence-electron chi connectivity index (χ2n) is 6.10. The van der Waals surface area contributed by atoms with Gasteiger partial charge in [0.25, 0.3) is 5.91 Å². The molecule has 2 heterocycles. The lowest BCUT2D eigenvalue weighted by molar-refractivity contribution is -0.323. The third-order valence-electron chi connectivity index (χ3n) is 3.83. The van der Waals surface area contributed by atoms with Crippen molar-refractivity contribution in [1.82, 2.24) is 30.3 Å². The summed E-state index contributed by atoms with van der Waals surface area (Å²) in [5.74, 6) is -0.439. The number of carbonyl (C=O) groups is 2. The van der Waals surface area contributed by atoms with Crippen molar-refractivity contribution in [3.05, 3.63) is 36.3 Å². The molecule has 0 aliphatic carbocycles. The lowest BCUT2D eigenvalue weighted by atomic mass is 10.1. The summed E-state index contributed by atoms with van der Waals surface area (Å²) in [6.07, 6.45) is -1.59. The van der Waals surface area contributed by atoms with Crippen LogP contribution in [0.1, 0.15) is 10.5 Å². The Hall–Kier alpha value is -4.14. The van der Waals surface area contributed by atoms with Gasteiger partial charge in [-0.3, -0.25) is 19.6 Å². The molecule has 0 saturated carbocycles. The first-order valence-electron chi connectivity index (χ1n) is 8.59. The van der Waals surface area contributed by atoms with E-state index in [4.69, 9.17) is 20.1 Å². The molecular weight excluding hydrogens is 412 g/mol. The highest BCUT2D eigenvalue weighted by Crippen LogP contribution is 2.37. The maximum atomic E-state index is 12.3. The molecule has 2 amide bonds. The second-order valence-corrected chi connectivity index (χ2v) is 6.10. The van der Waals surface area contributed by atoms with Crippen molar-refractivity contribution < 1.29 is 29.6 Å². The van der Waals surface area contributed by atoms with E-state index in [1.807, 2.05) is 0 Å². The molecule has 0 unspecified atom stereocenters. The van der Waals surface area contributed by atoms with E-state index in [1.54, 1.807) is 25.2 Å². The zero-order chi connectivity index (χ0) is 22.6. The van der Waals surface area contributed by atoms with Crippen molar-refractivity contribution in [1.29, 1.82) is 0 Å². The maximum absolute atomic E-state index is 12.3. The molecule has 0 aliphatic rings. The molecule has 0 atom stereocenters. The lowest BCUT2D eigenvalue weighted by Crippen LogP contribution is -2.48. The molecule has 0 radical (unpaired) electrons. The largest absolute Gasteiger partial charge is 0.494 e. The number of rotatable bonds is 8. The predicted octanol–water partition coefficient (Wildman–Crippen LogP) is -1.09. The number of aryl methyl sites for hydroxylation is 1.